The van der Waals surface area contributed by atoms with Gasteiger partial charge in [-0.1, -0.05) is 24.2 Å². The van der Waals surface area contributed by atoms with Crippen LogP contribution in [0, 0.1) is 0 Å². The van der Waals surface area contributed by atoms with Gasteiger partial charge in [-0.05, 0) is 74.3 Å². The molecule has 1 aromatic heterocycles. The summed E-state index contributed by atoms with van der Waals surface area (Å²) in [5, 5.41) is 5.88. The Balaban J connectivity index is 1.52. The first-order chi connectivity index (χ1) is 17.4. The predicted molar refractivity (Wildman–Crippen MR) is 146 cm³/mol. The Bertz CT molecular complexity index is 1350. The summed E-state index contributed by atoms with van der Waals surface area (Å²) in [7, 11) is 2.57. The van der Waals surface area contributed by atoms with Crippen molar-refractivity contribution in [3.63, 3.8) is 0 Å². The number of hydrogen-bond acceptors (Lipinski definition) is 5. The Kier molecular flexibility index (Phi) is 6.87. The zero-order valence-electron chi connectivity index (χ0n) is 20.2. The molecule has 1 fully saturated rings. The molecule has 9 heteroatoms. The number of anilines is 2. The van der Waals surface area contributed by atoms with Crippen molar-refractivity contribution in [1.82, 2.24) is 9.78 Å². The molecule has 1 saturated heterocycles. The van der Waals surface area contributed by atoms with Crippen molar-refractivity contribution in [3.8, 4) is 5.69 Å². The highest BCUT2D eigenvalue weighted by atomic mass is 35.5. The van der Waals surface area contributed by atoms with E-state index in [2.05, 4.69) is 25.8 Å². The molecule has 0 spiro atoms. The van der Waals surface area contributed by atoms with Crippen LogP contribution in [-0.2, 0) is 11.2 Å². The average Bonchev–Trinajstić information content (AvgIpc) is 3.27. The lowest BCUT2D eigenvalue weighted by atomic mass is 10.0. The number of piperidine rings is 1. The van der Waals surface area contributed by atoms with Crippen molar-refractivity contribution in [2.75, 3.05) is 29.5 Å². The van der Waals surface area contributed by atoms with Gasteiger partial charge in [0.05, 0.1) is 12.3 Å². The number of ether oxygens (including phenoxy) is 1. The number of rotatable bonds is 5. The average molecular weight is 523 g/mol. The summed E-state index contributed by atoms with van der Waals surface area (Å²) in [5.41, 5.74) is 4.72. The molecule has 5 rings (SSSR count). The number of fused-ring (bicyclic) bond motifs is 1. The largest absolute Gasteiger partial charge is 0.461 e. The zero-order valence-corrected chi connectivity index (χ0v) is 22.1. The molecule has 0 bridgehead atoms. The molecule has 2 aliphatic rings. The first-order valence-corrected chi connectivity index (χ1v) is 13.1. The lowest BCUT2D eigenvalue weighted by Gasteiger charge is -2.32. The van der Waals surface area contributed by atoms with Crippen molar-refractivity contribution in [1.29, 1.82) is 0 Å². The van der Waals surface area contributed by atoms with Crippen LogP contribution in [0.5, 0.6) is 0 Å². The van der Waals surface area contributed by atoms with Crippen LogP contribution in [0.15, 0.2) is 54.7 Å². The number of aromatic nitrogens is 2. The van der Waals surface area contributed by atoms with E-state index in [-0.39, 0.29) is 18.2 Å². The molecule has 0 saturated carbocycles. The molecule has 36 heavy (non-hydrogen) atoms. The summed E-state index contributed by atoms with van der Waals surface area (Å²) >= 11 is 6.36. The van der Waals surface area contributed by atoms with Crippen LogP contribution in [0.3, 0.4) is 0 Å². The molecule has 186 valence electrons. The van der Waals surface area contributed by atoms with E-state index < -0.39 is 5.97 Å². The third-order valence-corrected chi connectivity index (χ3v) is 7.68. The van der Waals surface area contributed by atoms with Gasteiger partial charge in [0.15, 0.2) is 5.69 Å². The van der Waals surface area contributed by atoms with Gasteiger partial charge in [0.25, 0.3) is 5.91 Å². The van der Waals surface area contributed by atoms with Crippen LogP contribution < -0.4 is 15.1 Å². The lowest BCUT2D eigenvalue weighted by Crippen LogP contribution is -2.39. The van der Waals surface area contributed by atoms with Crippen LogP contribution in [0.25, 0.3) is 5.69 Å². The summed E-state index contributed by atoms with van der Waals surface area (Å²) in [6, 6.07) is 13.4. The number of hydrogen-bond donors (Lipinski definition) is 0. The van der Waals surface area contributed by atoms with Crippen molar-refractivity contribution in [3.05, 3.63) is 76.7 Å². The van der Waals surface area contributed by atoms with E-state index in [0.717, 1.165) is 41.8 Å². The fraction of sp³-hybridized carbons (Fsp3) is 0.296. The van der Waals surface area contributed by atoms with Crippen LogP contribution in [0.1, 0.15) is 52.7 Å². The van der Waals surface area contributed by atoms with Crippen molar-refractivity contribution >= 4 is 49.4 Å². The Morgan fingerprint density at radius 3 is 2.42 bits per heavy atom. The van der Waals surface area contributed by atoms with Crippen LogP contribution in [-0.4, -0.2) is 41.4 Å². The van der Waals surface area contributed by atoms with Crippen molar-refractivity contribution in [2.24, 2.45) is 0 Å². The highest BCUT2D eigenvalue weighted by Crippen LogP contribution is 2.32. The molecule has 1 amide bonds. The number of amides is 1. The normalized spacial score (nSPS) is 15.8. The third-order valence-electron chi connectivity index (χ3n) is 6.67. The van der Waals surface area contributed by atoms with Gasteiger partial charge in [-0.2, -0.15) is 5.10 Å². The minimum Gasteiger partial charge on any atom is -0.461 e. The summed E-state index contributed by atoms with van der Waals surface area (Å²) in [6.45, 7) is 7.57. The first kappa shape index (κ1) is 24.5. The second-order valence-electron chi connectivity index (χ2n) is 8.91. The monoisotopic (exact) mass is 522 g/mol. The highest BCUT2D eigenvalue weighted by molar-refractivity contribution is 7.28. The van der Waals surface area contributed by atoms with Crippen LogP contribution in [0.4, 0.5) is 11.4 Å². The van der Waals surface area contributed by atoms with E-state index in [0.29, 0.717) is 34.9 Å². The predicted octanol–water partition coefficient (Wildman–Crippen LogP) is 4.91. The van der Waals surface area contributed by atoms with Gasteiger partial charge in [0.1, 0.15) is 5.69 Å². The molecular formula is C27H28ClN4O3P. The number of carbonyl (C=O) groups excluding carboxylic acids is 2. The van der Waals surface area contributed by atoms with E-state index in [4.69, 9.17) is 16.3 Å². The Labute approximate surface area is 217 Å². The number of esters is 1. The topological polar surface area (TPSA) is 67.7 Å². The molecule has 1 atom stereocenters. The van der Waals surface area contributed by atoms with Crippen LogP contribution in [0.2, 0.25) is 5.02 Å². The second-order valence-corrected chi connectivity index (χ2v) is 9.94. The molecular weight excluding hydrogens is 495 g/mol. The van der Waals surface area contributed by atoms with Gasteiger partial charge >= 0.3 is 5.97 Å². The maximum Gasteiger partial charge on any atom is 0.359 e. The minimum absolute atomic E-state index is 0.171. The van der Waals surface area contributed by atoms with Gasteiger partial charge < -0.3 is 14.5 Å². The molecule has 2 aromatic carbocycles. The first-order valence-electron chi connectivity index (χ1n) is 12.1. The van der Waals surface area contributed by atoms with E-state index >= 15 is 0 Å². The molecule has 7 nitrogen and oxygen atoms in total. The summed E-state index contributed by atoms with van der Waals surface area (Å²) in [6.07, 6.45) is 3.80. The standard InChI is InChI=1S/C27H28ClN4O3P/c1-3-35-27(34)24-21-13-15-31(19-9-7-18(8-10-19)30-14-5-4-6-17(30)2)26(33)25(21)32(29-24)20-11-12-23(36)22(28)16-20/h7-12,16H,2-6,13-15,36H2,1H3. The van der Waals surface area contributed by atoms with E-state index in [1.54, 1.807) is 17.9 Å². The van der Waals surface area contributed by atoms with E-state index in [9.17, 15) is 9.59 Å². The molecule has 0 N–H and O–H groups in total. The quantitative estimate of drug-likeness (QED) is 0.352. The van der Waals surface area contributed by atoms with Gasteiger partial charge in [-0.15, -0.1) is 9.24 Å². The number of halogens is 1. The molecule has 2 aliphatic heterocycles. The fourth-order valence-corrected chi connectivity index (χ4v) is 5.17. The molecule has 3 aromatic rings. The van der Waals surface area contributed by atoms with E-state index in [1.807, 2.05) is 36.4 Å². The van der Waals surface area contributed by atoms with Crippen molar-refractivity contribution < 1.29 is 14.3 Å². The minimum atomic E-state index is -0.534. The Hall–Kier alpha value is -3.15. The molecule has 0 radical (unpaired) electrons. The van der Waals surface area contributed by atoms with Crippen LogP contribution >= 0.6 is 20.8 Å². The molecule has 0 aliphatic carbocycles. The van der Waals surface area contributed by atoms with Gasteiger partial charge in [-0.3, -0.25) is 4.79 Å². The number of carbonyl (C=O) groups is 2. The number of nitrogens with zero attached hydrogens (tertiary/aromatic N) is 4. The highest BCUT2D eigenvalue weighted by Gasteiger charge is 2.35. The van der Waals surface area contributed by atoms with Gasteiger partial charge in [0, 0.05) is 40.7 Å². The lowest BCUT2D eigenvalue weighted by molar-refractivity contribution is 0.0517. The fourth-order valence-electron chi connectivity index (χ4n) is 4.82. The molecule has 3 heterocycles. The van der Waals surface area contributed by atoms with Crippen molar-refractivity contribution in [2.45, 2.75) is 32.6 Å². The summed E-state index contributed by atoms with van der Waals surface area (Å²) < 4.78 is 6.74. The smallest absolute Gasteiger partial charge is 0.359 e. The van der Waals surface area contributed by atoms with Gasteiger partial charge in [-0.25, -0.2) is 9.48 Å². The third kappa shape index (κ3) is 4.42. The van der Waals surface area contributed by atoms with E-state index in [1.165, 1.54) is 11.1 Å². The maximum absolute atomic E-state index is 13.8. The Morgan fingerprint density at radius 2 is 1.75 bits per heavy atom. The Morgan fingerprint density at radius 1 is 1.06 bits per heavy atom. The number of allylic oxidation sites excluding steroid dienone is 1. The zero-order chi connectivity index (χ0) is 25.4. The van der Waals surface area contributed by atoms with Gasteiger partial charge in [0.2, 0.25) is 0 Å². The number of benzene rings is 2. The summed E-state index contributed by atoms with van der Waals surface area (Å²) in [4.78, 5) is 30.5. The second kappa shape index (κ2) is 10.1. The summed E-state index contributed by atoms with van der Waals surface area (Å²) in [5.74, 6) is -0.755. The maximum atomic E-state index is 13.8. The SMILES string of the molecule is C=C1CCCCN1c1ccc(N2CCc3c(C(=O)OCC)nn(-c4ccc(P)c(Cl)c4)c3C2=O)cc1. The molecule has 1 unspecified atom stereocenters.